The van der Waals surface area contributed by atoms with Crippen molar-refractivity contribution in [3.8, 4) is 0 Å². The molecule has 3 rings (SSSR count). The molecule has 0 unspecified atom stereocenters. The summed E-state index contributed by atoms with van der Waals surface area (Å²) in [5.74, 6) is 0. The van der Waals surface area contributed by atoms with E-state index >= 15 is 0 Å². The van der Waals surface area contributed by atoms with E-state index in [0.29, 0.717) is 0 Å². The van der Waals surface area contributed by atoms with Gasteiger partial charge in [0.15, 0.2) is 7.14 Å². The summed E-state index contributed by atoms with van der Waals surface area (Å²) in [6, 6.07) is 16.8. The largest absolute Gasteiger partial charge is 0.309 e. The van der Waals surface area contributed by atoms with Crippen molar-refractivity contribution in [1.82, 2.24) is 0 Å². The summed E-state index contributed by atoms with van der Waals surface area (Å²) in [6.07, 6.45) is 0. The van der Waals surface area contributed by atoms with Gasteiger partial charge in [0.05, 0.1) is 0 Å². The van der Waals surface area contributed by atoms with Crippen molar-refractivity contribution in [2.45, 2.75) is 76.4 Å². The number of hydrogen-bond donors (Lipinski definition) is 0. The van der Waals surface area contributed by atoms with Crippen molar-refractivity contribution in [2.24, 2.45) is 5.41 Å². The number of hydrogen-bond acceptors (Lipinski definition) is 1. The van der Waals surface area contributed by atoms with Crippen LogP contribution in [-0.4, -0.2) is 3.23 Å². The SMILES string of the molecule is C/C(=C1/C(C)(C)C1(Br)Br)P(=O)(c1ccc(C(C)(C)C)cc1)c1ccc(C(C)(C)C)cc1. The first-order chi connectivity index (χ1) is 13.9. The number of benzene rings is 2. The van der Waals surface area contributed by atoms with Gasteiger partial charge in [0.1, 0.15) is 3.23 Å². The molecule has 0 aromatic heterocycles. The lowest BCUT2D eigenvalue weighted by Crippen LogP contribution is -2.20. The van der Waals surface area contributed by atoms with Crippen molar-refractivity contribution >= 4 is 49.6 Å². The maximum atomic E-state index is 15.0. The average Bonchev–Trinajstić information content (AvgIpc) is 3.07. The lowest BCUT2D eigenvalue weighted by molar-refractivity contribution is 0.586. The Morgan fingerprint density at radius 3 is 1.26 bits per heavy atom. The predicted molar refractivity (Wildman–Crippen MR) is 144 cm³/mol. The van der Waals surface area contributed by atoms with Gasteiger partial charge in [-0.05, 0) is 39.8 Å². The van der Waals surface area contributed by atoms with Gasteiger partial charge >= 0.3 is 0 Å². The van der Waals surface area contributed by atoms with Gasteiger partial charge in [0.2, 0.25) is 0 Å². The molecule has 4 heteroatoms. The van der Waals surface area contributed by atoms with E-state index in [4.69, 9.17) is 0 Å². The molecular formula is C27H35Br2OP. The van der Waals surface area contributed by atoms with Crippen LogP contribution in [0.15, 0.2) is 59.4 Å². The van der Waals surface area contributed by atoms with Gasteiger partial charge in [-0.2, -0.15) is 0 Å². The molecule has 0 N–H and O–H groups in total. The molecule has 0 radical (unpaired) electrons. The van der Waals surface area contributed by atoms with Gasteiger partial charge in [0.25, 0.3) is 0 Å². The monoisotopic (exact) mass is 564 g/mol. The fourth-order valence-corrected chi connectivity index (χ4v) is 9.34. The molecule has 0 atom stereocenters. The van der Waals surface area contributed by atoms with Crippen LogP contribution >= 0.6 is 39.0 Å². The third-order valence-electron chi connectivity index (χ3n) is 6.69. The highest BCUT2D eigenvalue weighted by molar-refractivity contribution is 9.25. The topological polar surface area (TPSA) is 17.1 Å². The Labute approximate surface area is 205 Å². The molecular weight excluding hydrogens is 531 g/mol. The first-order valence-corrected chi connectivity index (χ1v) is 14.2. The third kappa shape index (κ3) is 4.20. The summed E-state index contributed by atoms with van der Waals surface area (Å²) >= 11 is 7.65. The quantitative estimate of drug-likeness (QED) is 0.270. The Balaban J connectivity index is 2.23. The molecule has 168 valence electrons. The van der Waals surface area contributed by atoms with Gasteiger partial charge in [-0.3, -0.25) is 0 Å². The zero-order valence-corrected chi connectivity index (χ0v) is 24.3. The molecule has 31 heavy (non-hydrogen) atoms. The second-order valence-corrected chi connectivity index (χ2v) is 17.7. The van der Waals surface area contributed by atoms with E-state index in [2.05, 4.69) is 143 Å². The summed E-state index contributed by atoms with van der Waals surface area (Å²) in [7, 11) is -2.99. The molecule has 0 bridgehead atoms. The summed E-state index contributed by atoms with van der Waals surface area (Å²) < 4.78 is 14.7. The standard InChI is InChI=1S/C27H35Br2OP/c1-18(23-26(8,9)27(23,28)29)31(30,21-14-10-19(11-15-21)24(2,3)4)22-16-12-20(13-17-22)25(5,6)7/h10-17H,1-9H3/b23-18+. The Morgan fingerprint density at radius 2 is 1.03 bits per heavy atom. The van der Waals surface area contributed by atoms with E-state index in [1.807, 2.05) is 0 Å². The molecule has 1 aliphatic carbocycles. The normalized spacial score (nSPS) is 19.8. The van der Waals surface area contributed by atoms with Crippen molar-refractivity contribution in [3.05, 3.63) is 70.5 Å². The van der Waals surface area contributed by atoms with E-state index in [9.17, 15) is 4.57 Å². The molecule has 1 aliphatic rings. The minimum Gasteiger partial charge on any atom is -0.309 e. The lowest BCUT2D eigenvalue weighted by Gasteiger charge is -2.25. The predicted octanol–water partition coefficient (Wildman–Crippen LogP) is 8.40. The fraction of sp³-hybridized carbons (Fsp3) is 0.481. The Morgan fingerprint density at radius 1 is 0.742 bits per heavy atom. The van der Waals surface area contributed by atoms with E-state index in [0.717, 1.165) is 15.9 Å². The number of halogens is 2. The molecule has 0 aliphatic heterocycles. The molecule has 1 saturated carbocycles. The lowest BCUT2D eigenvalue weighted by atomic mass is 9.87. The van der Waals surface area contributed by atoms with Gasteiger partial charge < -0.3 is 4.57 Å². The van der Waals surface area contributed by atoms with Crippen LogP contribution in [0.5, 0.6) is 0 Å². The molecule has 1 nitrogen and oxygen atoms in total. The van der Waals surface area contributed by atoms with Gasteiger partial charge in [-0.1, -0.05) is 136 Å². The van der Waals surface area contributed by atoms with E-state index in [1.54, 1.807) is 0 Å². The first-order valence-electron chi connectivity index (χ1n) is 10.9. The van der Waals surface area contributed by atoms with Crippen LogP contribution in [0.3, 0.4) is 0 Å². The molecule has 2 aromatic rings. The zero-order chi connectivity index (χ0) is 23.6. The van der Waals surface area contributed by atoms with Crippen LogP contribution in [0, 0.1) is 5.41 Å². The maximum Gasteiger partial charge on any atom is 0.166 e. The second kappa shape index (κ2) is 7.71. The van der Waals surface area contributed by atoms with Crippen molar-refractivity contribution in [2.75, 3.05) is 0 Å². The Hall–Kier alpha value is -0.630. The van der Waals surface area contributed by atoms with Gasteiger partial charge in [-0.15, -0.1) is 0 Å². The van der Waals surface area contributed by atoms with Crippen LogP contribution < -0.4 is 10.6 Å². The minimum absolute atomic E-state index is 0.0593. The van der Waals surface area contributed by atoms with Crippen molar-refractivity contribution < 1.29 is 4.57 Å². The van der Waals surface area contributed by atoms with Crippen molar-refractivity contribution in [3.63, 3.8) is 0 Å². The van der Waals surface area contributed by atoms with E-state index < -0.39 is 7.14 Å². The summed E-state index contributed by atoms with van der Waals surface area (Å²) in [5, 5.41) is 2.76. The molecule has 0 spiro atoms. The second-order valence-electron chi connectivity index (χ2n) is 11.4. The third-order valence-corrected chi connectivity index (χ3v) is 12.7. The molecule has 0 amide bonds. The smallest absolute Gasteiger partial charge is 0.166 e. The highest BCUT2D eigenvalue weighted by Crippen LogP contribution is 2.75. The minimum atomic E-state index is -2.99. The van der Waals surface area contributed by atoms with E-state index in [1.165, 1.54) is 16.7 Å². The van der Waals surface area contributed by atoms with Crippen LogP contribution in [-0.2, 0) is 15.4 Å². The van der Waals surface area contributed by atoms with Gasteiger partial charge in [0, 0.05) is 16.0 Å². The fourth-order valence-electron chi connectivity index (χ4n) is 4.28. The Bertz CT molecular complexity index is 983. The first kappa shape index (κ1) is 25.0. The van der Waals surface area contributed by atoms with Crippen LogP contribution in [0.2, 0.25) is 0 Å². The maximum absolute atomic E-state index is 15.0. The highest BCUT2D eigenvalue weighted by atomic mass is 79.9. The number of rotatable bonds is 3. The summed E-state index contributed by atoms with van der Waals surface area (Å²) in [4.78, 5) is 0. The number of allylic oxidation sites excluding steroid dienone is 2. The molecule has 2 aromatic carbocycles. The average molecular weight is 566 g/mol. The Kier molecular flexibility index (Phi) is 6.22. The molecule has 1 fully saturated rings. The van der Waals surface area contributed by atoms with E-state index in [-0.39, 0.29) is 19.5 Å². The summed E-state index contributed by atoms with van der Waals surface area (Å²) in [5.41, 5.74) is 3.70. The highest BCUT2D eigenvalue weighted by Gasteiger charge is 2.66. The van der Waals surface area contributed by atoms with Crippen LogP contribution in [0.4, 0.5) is 0 Å². The van der Waals surface area contributed by atoms with Crippen LogP contribution in [0.1, 0.15) is 73.4 Å². The number of alkyl halides is 2. The van der Waals surface area contributed by atoms with Gasteiger partial charge in [-0.25, -0.2) is 0 Å². The molecule has 0 heterocycles. The molecule has 0 saturated heterocycles. The van der Waals surface area contributed by atoms with Crippen LogP contribution in [0.25, 0.3) is 0 Å². The zero-order valence-electron chi connectivity index (χ0n) is 20.2. The van der Waals surface area contributed by atoms with Crippen molar-refractivity contribution in [1.29, 1.82) is 0 Å². The summed E-state index contributed by atoms with van der Waals surface area (Å²) in [6.45, 7) is 19.7.